The molecule has 1 atom stereocenters. The summed E-state index contributed by atoms with van der Waals surface area (Å²) >= 11 is 5.84. The van der Waals surface area contributed by atoms with Crippen molar-refractivity contribution in [3.8, 4) is 0 Å². The summed E-state index contributed by atoms with van der Waals surface area (Å²) in [6.07, 6.45) is 0.613. The molecule has 2 aromatic carbocycles. The Hall–Kier alpha value is -1.36. The highest BCUT2D eigenvalue weighted by molar-refractivity contribution is 7.89. The Balaban J connectivity index is 2.10. The number of hydrogen-bond donors (Lipinski definition) is 1. The average molecular weight is 324 g/mol. The molecule has 1 N–H and O–H groups in total. The van der Waals surface area contributed by atoms with Crippen LogP contribution in [0.25, 0.3) is 0 Å². The lowest BCUT2D eigenvalue weighted by Crippen LogP contribution is -2.34. The highest BCUT2D eigenvalue weighted by atomic mass is 35.5. The molecule has 0 aromatic heterocycles. The molecule has 112 valence electrons. The number of halogens is 1. The third kappa shape index (κ3) is 4.30. The maximum atomic E-state index is 12.4. The summed E-state index contributed by atoms with van der Waals surface area (Å²) in [5.41, 5.74) is 1.78. The van der Waals surface area contributed by atoms with Gasteiger partial charge in [-0.2, -0.15) is 0 Å². The van der Waals surface area contributed by atoms with Crippen molar-refractivity contribution < 1.29 is 8.42 Å². The Morgan fingerprint density at radius 1 is 1.10 bits per heavy atom. The van der Waals surface area contributed by atoms with E-state index in [9.17, 15) is 8.42 Å². The quantitative estimate of drug-likeness (QED) is 0.914. The molecular formula is C16H18ClNO2S. The summed E-state index contributed by atoms with van der Waals surface area (Å²) in [5.74, 6) is 0. The monoisotopic (exact) mass is 323 g/mol. The number of sulfonamides is 1. The van der Waals surface area contributed by atoms with Crippen LogP contribution in [-0.4, -0.2) is 14.5 Å². The van der Waals surface area contributed by atoms with Gasteiger partial charge in [-0.1, -0.05) is 41.9 Å². The molecular weight excluding hydrogens is 306 g/mol. The van der Waals surface area contributed by atoms with Gasteiger partial charge in [0.1, 0.15) is 0 Å². The summed E-state index contributed by atoms with van der Waals surface area (Å²) in [6.45, 7) is 3.64. The SMILES string of the molecule is Cc1ccccc1S(=O)(=O)NC(C)Cc1ccc(Cl)cc1. The first-order chi connectivity index (χ1) is 9.88. The molecule has 0 fully saturated rings. The van der Waals surface area contributed by atoms with Gasteiger partial charge in [-0.05, 0) is 49.6 Å². The molecule has 0 heterocycles. The second kappa shape index (κ2) is 6.60. The Morgan fingerprint density at radius 2 is 1.71 bits per heavy atom. The Labute approximate surface area is 131 Å². The highest BCUT2D eigenvalue weighted by Crippen LogP contribution is 2.16. The van der Waals surface area contributed by atoms with Crippen LogP contribution in [0.15, 0.2) is 53.4 Å². The lowest BCUT2D eigenvalue weighted by atomic mass is 10.1. The Morgan fingerprint density at radius 3 is 2.33 bits per heavy atom. The molecule has 2 aromatic rings. The summed E-state index contributed by atoms with van der Waals surface area (Å²) in [4.78, 5) is 0.327. The number of aryl methyl sites for hydroxylation is 1. The molecule has 21 heavy (non-hydrogen) atoms. The third-order valence-electron chi connectivity index (χ3n) is 3.19. The van der Waals surface area contributed by atoms with Gasteiger partial charge in [0.25, 0.3) is 0 Å². The normalized spacial score (nSPS) is 13.1. The largest absolute Gasteiger partial charge is 0.241 e. The van der Waals surface area contributed by atoms with Crippen molar-refractivity contribution in [3.05, 3.63) is 64.7 Å². The molecule has 0 aliphatic rings. The van der Waals surface area contributed by atoms with E-state index in [0.29, 0.717) is 16.3 Å². The second-order valence-corrected chi connectivity index (χ2v) is 7.24. The van der Waals surface area contributed by atoms with Crippen LogP contribution in [0.5, 0.6) is 0 Å². The first kappa shape index (κ1) is 16.0. The van der Waals surface area contributed by atoms with E-state index in [2.05, 4.69) is 4.72 Å². The van der Waals surface area contributed by atoms with E-state index in [1.807, 2.05) is 25.1 Å². The molecule has 0 saturated carbocycles. The van der Waals surface area contributed by atoms with Gasteiger partial charge >= 0.3 is 0 Å². The van der Waals surface area contributed by atoms with Crippen LogP contribution >= 0.6 is 11.6 Å². The van der Waals surface area contributed by atoms with Crippen LogP contribution in [0.2, 0.25) is 5.02 Å². The molecule has 3 nitrogen and oxygen atoms in total. The van der Waals surface area contributed by atoms with Crippen molar-refractivity contribution in [2.75, 3.05) is 0 Å². The van der Waals surface area contributed by atoms with Crippen LogP contribution in [0.4, 0.5) is 0 Å². The molecule has 0 bridgehead atoms. The van der Waals surface area contributed by atoms with Crippen molar-refractivity contribution in [1.29, 1.82) is 0 Å². The van der Waals surface area contributed by atoms with Crippen LogP contribution in [-0.2, 0) is 16.4 Å². The standard InChI is InChI=1S/C16H18ClNO2S/c1-12-5-3-4-6-16(12)21(19,20)18-13(2)11-14-7-9-15(17)10-8-14/h3-10,13,18H,11H2,1-2H3. The zero-order chi connectivity index (χ0) is 15.5. The van der Waals surface area contributed by atoms with E-state index in [0.717, 1.165) is 11.1 Å². The van der Waals surface area contributed by atoms with Gasteiger partial charge in [-0.25, -0.2) is 13.1 Å². The van der Waals surface area contributed by atoms with Gasteiger partial charge in [-0.3, -0.25) is 0 Å². The van der Waals surface area contributed by atoms with E-state index in [1.165, 1.54) is 0 Å². The zero-order valence-corrected chi connectivity index (χ0v) is 13.6. The molecule has 0 aliphatic carbocycles. The Kier molecular flexibility index (Phi) is 5.04. The lowest BCUT2D eigenvalue weighted by molar-refractivity contribution is 0.559. The minimum atomic E-state index is -3.49. The van der Waals surface area contributed by atoms with Gasteiger partial charge in [0, 0.05) is 11.1 Å². The fourth-order valence-corrected chi connectivity index (χ4v) is 3.82. The van der Waals surface area contributed by atoms with Crippen LogP contribution in [0.1, 0.15) is 18.1 Å². The van der Waals surface area contributed by atoms with Gasteiger partial charge in [0.2, 0.25) is 10.0 Å². The van der Waals surface area contributed by atoms with Gasteiger partial charge in [0.05, 0.1) is 4.90 Å². The molecule has 0 radical (unpaired) electrons. The van der Waals surface area contributed by atoms with E-state index in [4.69, 9.17) is 11.6 Å². The summed E-state index contributed by atoms with van der Waals surface area (Å²) in [7, 11) is -3.49. The predicted molar refractivity (Wildman–Crippen MR) is 86.1 cm³/mol. The fourth-order valence-electron chi connectivity index (χ4n) is 2.20. The minimum Gasteiger partial charge on any atom is -0.208 e. The zero-order valence-electron chi connectivity index (χ0n) is 12.0. The van der Waals surface area contributed by atoms with Crippen LogP contribution in [0, 0.1) is 6.92 Å². The number of rotatable bonds is 5. The smallest absolute Gasteiger partial charge is 0.208 e. The highest BCUT2D eigenvalue weighted by Gasteiger charge is 2.19. The maximum Gasteiger partial charge on any atom is 0.241 e. The van der Waals surface area contributed by atoms with E-state index < -0.39 is 10.0 Å². The topological polar surface area (TPSA) is 46.2 Å². The molecule has 0 spiro atoms. The van der Waals surface area contributed by atoms with E-state index in [-0.39, 0.29) is 6.04 Å². The molecule has 0 amide bonds. The number of benzene rings is 2. The van der Waals surface area contributed by atoms with Crippen LogP contribution in [0.3, 0.4) is 0 Å². The molecule has 0 saturated heterocycles. The lowest BCUT2D eigenvalue weighted by Gasteiger charge is -2.15. The second-order valence-electron chi connectivity index (χ2n) is 5.12. The summed E-state index contributed by atoms with van der Waals surface area (Å²) in [5, 5.41) is 0.673. The van der Waals surface area contributed by atoms with Gasteiger partial charge < -0.3 is 0 Å². The maximum absolute atomic E-state index is 12.4. The first-order valence-corrected chi connectivity index (χ1v) is 8.57. The first-order valence-electron chi connectivity index (χ1n) is 6.71. The van der Waals surface area contributed by atoms with Crippen molar-refractivity contribution >= 4 is 21.6 Å². The van der Waals surface area contributed by atoms with Crippen molar-refractivity contribution in [1.82, 2.24) is 4.72 Å². The van der Waals surface area contributed by atoms with E-state index in [1.54, 1.807) is 37.3 Å². The van der Waals surface area contributed by atoms with E-state index >= 15 is 0 Å². The molecule has 5 heteroatoms. The van der Waals surface area contributed by atoms with Crippen LogP contribution < -0.4 is 4.72 Å². The Bertz CT molecular complexity index is 711. The van der Waals surface area contributed by atoms with Crippen molar-refractivity contribution in [2.45, 2.75) is 31.2 Å². The minimum absolute atomic E-state index is 0.198. The number of nitrogens with one attached hydrogen (secondary N) is 1. The fraction of sp³-hybridized carbons (Fsp3) is 0.250. The third-order valence-corrected chi connectivity index (χ3v) is 5.20. The number of hydrogen-bond acceptors (Lipinski definition) is 2. The molecule has 0 aliphatic heterocycles. The van der Waals surface area contributed by atoms with Gasteiger partial charge in [0.15, 0.2) is 0 Å². The molecule has 2 rings (SSSR count). The molecule has 1 unspecified atom stereocenters. The van der Waals surface area contributed by atoms with Gasteiger partial charge in [-0.15, -0.1) is 0 Å². The van der Waals surface area contributed by atoms with Crippen molar-refractivity contribution in [2.24, 2.45) is 0 Å². The predicted octanol–water partition coefficient (Wildman–Crippen LogP) is 3.56. The average Bonchev–Trinajstić information content (AvgIpc) is 2.41. The van der Waals surface area contributed by atoms with Crippen molar-refractivity contribution in [3.63, 3.8) is 0 Å². The summed E-state index contributed by atoms with van der Waals surface area (Å²) in [6, 6.07) is 14.2. The summed E-state index contributed by atoms with van der Waals surface area (Å²) < 4.78 is 27.5.